The molecule has 0 aliphatic heterocycles. The lowest BCUT2D eigenvalue weighted by atomic mass is 9.49. The lowest BCUT2D eigenvalue weighted by molar-refractivity contribution is -0.385. The predicted octanol–water partition coefficient (Wildman–Crippen LogP) is 3.23. The van der Waals surface area contributed by atoms with E-state index in [4.69, 9.17) is 9.47 Å². The highest BCUT2D eigenvalue weighted by molar-refractivity contribution is 5.84. The third kappa shape index (κ3) is 3.93. The summed E-state index contributed by atoms with van der Waals surface area (Å²) < 4.78 is 10.1. The average molecular weight is 402 g/mol. The molecule has 0 heterocycles. The highest BCUT2D eigenvalue weighted by Gasteiger charge is 2.54. The van der Waals surface area contributed by atoms with Crippen LogP contribution in [0.5, 0.6) is 11.5 Å². The van der Waals surface area contributed by atoms with Crippen molar-refractivity contribution in [2.45, 2.75) is 44.9 Å². The molecule has 1 aromatic carbocycles. The molecule has 4 aliphatic carbocycles. The number of benzene rings is 1. The minimum absolute atomic E-state index is 0.0404. The molecule has 4 saturated carbocycles. The molecule has 29 heavy (non-hydrogen) atoms. The van der Waals surface area contributed by atoms with E-state index in [0.29, 0.717) is 23.5 Å². The molecule has 1 aromatic rings. The average Bonchev–Trinajstić information content (AvgIpc) is 2.67. The van der Waals surface area contributed by atoms with Crippen molar-refractivity contribution in [1.82, 2.24) is 5.32 Å². The zero-order valence-corrected chi connectivity index (χ0v) is 16.5. The Morgan fingerprint density at radius 3 is 2.34 bits per heavy atom. The number of hydrogen-bond acceptors (Lipinski definition) is 6. The van der Waals surface area contributed by atoms with Crippen LogP contribution in [0, 0.1) is 33.3 Å². The van der Waals surface area contributed by atoms with Crippen molar-refractivity contribution in [3.8, 4) is 11.5 Å². The van der Waals surface area contributed by atoms with Crippen LogP contribution in [0.3, 0.4) is 0 Å². The molecule has 4 bridgehead atoms. The van der Waals surface area contributed by atoms with Gasteiger partial charge in [0.05, 0.1) is 24.5 Å². The summed E-state index contributed by atoms with van der Waals surface area (Å²) in [6, 6.07) is 4.03. The lowest BCUT2D eigenvalue weighted by Crippen LogP contribution is -2.53. The standard InChI is InChI=1S/C21H26N2O6/c1-28-16-2-3-18(17(9-16)23(26)27)29-19(24)4-5-22-20(25)21-10-13-6-14(11-21)8-15(7-13)12-21/h2-3,9,13-15H,4-8,10-12H2,1H3,(H,22,25). The van der Waals surface area contributed by atoms with Gasteiger partial charge in [-0.05, 0) is 68.4 Å². The molecule has 0 saturated heterocycles. The molecule has 5 rings (SSSR count). The summed E-state index contributed by atoms with van der Waals surface area (Å²) in [6.07, 6.45) is 6.65. The first kappa shape index (κ1) is 19.7. The maximum absolute atomic E-state index is 12.9. The first-order valence-corrected chi connectivity index (χ1v) is 10.2. The Balaban J connectivity index is 1.31. The Labute approximate surface area is 169 Å². The van der Waals surface area contributed by atoms with Crippen molar-refractivity contribution >= 4 is 17.6 Å². The van der Waals surface area contributed by atoms with Gasteiger partial charge in [0.25, 0.3) is 0 Å². The van der Waals surface area contributed by atoms with E-state index in [1.54, 1.807) is 0 Å². The largest absolute Gasteiger partial charge is 0.496 e. The van der Waals surface area contributed by atoms with Crippen LogP contribution in [-0.2, 0) is 9.59 Å². The molecule has 4 aliphatic rings. The van der Waals surface area contributed by atoms with E-state index >= 15 is 0 Å². The quantitative estimate of drug-likeness (QED) is 0.325. The Morgan fingerprint density at radius 2 is 1.79 bits per heavy atom. The van der Waals surface area contributed by atoms with Gasteiger partial charge in [-0.25, -0.2) is 0 Å². The van der Waals surface area contributed by atoms with Gasteiger partial charge in [0.1, 0.15) is 5.75 Å². The molecular weight excluding hydrogens is 376 g/mol. The molecular formula is C21H26N2O6. The number of methoxy groups -OCH3 is 1. The summed E-state index contributed by atoms with van der Waals surface area (Å²) in [5.74, 6) is 1.63. The van der Waals surface area contributed by atoms with Crippen molar-refractivity contribution in [3.63, 3.8) is 0 Å². The molecule has 0 unspecified atom stereocenters. The normalized spacial score (nSPS) is 29.3. The van der Waals surface area contributed by atoms with Crippen LogP contribution >= 0.6 is 0 Å². The van der Waals surface area contributed by atoms with Crippen molar-refractivity contribution < 1.29 is 24.0 Å². The summed E-state index contributed by atoms with van der Waals surface area (Å²) in [6.45, 7) is 0.170. The topological polar surface area (TPSA) is 108 Å². The Kier molecular flexibility index (Phi) is 5.19. The first-order valence-electron chi connectivity index (χ1n) is 10.2. The molecule has 8 heteroatoms. The van der Waals surface area contributed by atoms with Crippen LogP contribution < -0.4 is 14.8 Å². The van der Waals surface area contributed by atoms with Crippen LogP contribution in [-0.4, -0.2) is 30.5 Å². The highest BCUT2D eigenvalue weighted by atomic mass is 16.6. The number of esters is 1. The summed E-state index contributed by atoms with van der Waals surface area (Å²) in [5, 5.41) is 14.1. The van der Waals surface area contributed by atoms with Crippen molar-refractivity contribution in [1.29, 1.82) is 0 Å². The fourth-order valence-corrected chi connectivity index (χ4v) is 5.88. The molecule has 8 nitrogen and oxygen atoms in total. The molecule has 1 amide bonds. The van der Waals surface area contributed by atoms with Gasteiger partial charge in [-0.15, -0.1) is 0 Å². The zero-order chi connectivity index (χ0) is 20.6. The minimum Gasteiger partial charge on any atom is -0.496 e. The summed E-state index contributed by atoms with van der Waals surface area (Å²) >= 11 is 0. The van der Waals surface area contributed by atoms with Gasteiger partial charge in [0, 0.05) is 12.0 Å². The van der Waals surface area contributed by atoms with Gasteiger partial charge in [-0.2, -0.15) is 0 Å². The maximum Gasteiger partial charge on any atom is 0.315 e. The molecule has 0 radical (unpaired) electrons. The number of hydrogen-bond donors (Lipinski definition) is 1. The monoisotopic (exact) mass is 402 g/mol. The van der Waals surface area contributed by atoms with Crippen molar-refractivity contribution in [3.05, 3.63) is 28.3 Å². The Morgan fingerprint density at radius 1 is 1.17 bits per heavy atom. The van der Waals surface area contributed by atoms with E-state index in [1.807, 2.05) is 0 Å². The number of carbonyl (C=O) groups excluding carboxylic acids is 2. The zero-order valence-electron chi connectivity index (χ0n) is 16.5. The number of carbonyl (C=O) groups is 2. The predicted molar refractivity (Wildman–Crippen MR) is 104 cm³/mol. The third-order valence-electron chi connectivity index (χ3n) is 6.72. The molecule has 4 fully saturated rings. The van der Waals surface area contributed by atoms with Gasteiger partial charge >= 0.3 is 11.7 Å². The maximum atomic E-state index is 12.9. The number of ether oxygens (including phenoxy) is 2. The Hall–Kier alpha value is -2.64. The molecule has 0 spiro atoms. The van der Waals surface area contributed by atoms with E-state index in [9.17, 15) is 19.7 Å². The molecule has 156 valence electrons. The number of rotatable bonds is 7. The number of nitro benzene ring substituents is 1. The molecule has 0 atom stereocenters. The van der Waals surface area contributed by atoms with E-state index in [2.05, 4.69) is 5.32 Å². The van der Waals surface area contributed by atoms with Gasteiger partial charge in [-0.1, -0.05) is 0 Å². The fourth-order valence-electron chi connectivity index (χ4n) is 5.88. The van der Waals surface area contributed by atoms with Gasteiger partial charge in [0.15, 0.2) is 0 Å². The van der Waals surface area contributed by atoms with Crippen molar-refractivity contribution in [2.75, 3.05) is 13.7 Å². The van der Waals surface area contributed by atoms with E-state index in [0.717, 1.165) is 19.3 Å². The number of nitrogens with zero attached hydrogens (tertiary/aromatic N) is 1. The molecule has 0 aromatic heterocycles. The second-order valence-electron chi connectivity index (χ2n) is 8.77. The van der Waals surface area contributed by atoms with Crippen LogP contribution in [0.2, 0.25) is 0 Å². The molecule has 1 N–H and O–H groups in total. The van der Waals surface area contributed by atoms with Crippen molar-refractivity contribution in [2.24, 2.45) is 23.2 Å². The van der Waals surface area contributed by atoms with Crippen LogP contribution in [0.1, 0.15) is 44.9 Å². The number of amides is 1. The van der Waals surface area contributed by atoms with Gasteiger partial charge < -0.3 is 14.8 Å². The van der Waals surface area contributed by atoms with E-state index < -0.39 is 10.9 Å². The Bertz CT molecular complexity index is 801. The van der Waals surface area contributed by atoms with Crippen LogP contribution in [0.15, 0.2) is 18.2 Å². The third-order valence-corrected chi connectivity index (χ3v) is 6.72. The number of nitro groups is 1. The highest BCUT2D eigenvalue weighted by Crippen LogP contribution is 2.60. The van der Waals surface area contributed by atoms with Gasteiger partial charge in [0.2, 0.25) is 11.7 Å². The second kappa shape index (κ2) is 7.65. The minimum atomic E-state index is -0.625. The summed E-state index contributed by atoms with van der Waals surface area (Å²) in [5.41, 5.74) is -0.594. The van der Waals surface area contributed by atoms with Gasteiger partial charge in [-0.3, -0.25) is 19.7 Å². The lowest BCUT2D eigenvalue weighted by Gasteiger charge is -2.55. The summed E-state index contributed by atoms with van der Waals surface area (Å²) in [7, 11) is 1.40. The van der Waals surface area contributed by atoms with Crippen LogP contribution in [0.25, 0.3) is 0 Å². The SMILES string of the molecule is COc1ccc(OC(=O)CCNC(=O)C23CC4CC(CC(C4)C2)C3)c([N+](=O)[O-])c1. The summed E-state index contributed by atoms with van der Waals surface area (Å²) in [4.78, 5) is 35.6. The number of nitrogens with one attached hydrogen (secondary N) is 1. The fraction of sp³-hybridized carbons (Fsp3) is 0.619. The first-order chi connectivity index (χ1) is 13.9. The van der Waals surface area contributed by atoms with E-state index in [1.165, 1.54) is 44.6 Å². The van der Waals surface area contributed by atoms with Crippen LogP contribution in [0.4, 0.5) is 5.69 Å². The smallest absolute Gasteiger partial charge is 0.315 e. The second-order valence-corrected chi connectivity index (χ2v) is 8.77. The van der Waals surface area contributed by atoms with E-state index in [-0.39, 0.29) is 35.7 Å².